The van der Waals surface area contributed by atoms with Crippen molar-refractivity contribution in [2.24, 2.45) is 0 Å². The molecule has 1 aliphatic heterocycles. The molecule has 0 aliphatic carbocycles. The molecule has 1 heterocycles. The van der Waals surface area contributed by atoms with Gasteiger partial charge in [-0.1, -0.05) is 6.07 Å². The summed E-state index contributed by atoms with van der Waals surface area (Å²) in [5.41, 5.74) is 0.497. The largest absolute Gasteiger partial charge is 0.322 e. The Hall–Kier alpha value is -1.23. The Bertz CT molecular complexity index is 366. The lowest BCUT2D eigenvalue weighted by Crippen LogP contribution is -2.32. The molecule has 5 heteroatoms. The molecule has 0 saturated carbocycles. The number of nitrogens with one attached hydrogen (secondary N) is 1. The van der Waals surface area contributed by atoms with Crippen LogP contribution < -0.4 is 5.32 Å². The molecule has 0 bridgehead atoms. The van der Waals surface area contributed by atoms with Gasteiger partial charge in [0.05, 0.1) is 5.88 Å². The summed E-state index contributed by atoms with van der Waals surface area (Å²) < 4.78 is 12.8. The Kier molecular flexibility index (Phi) is 3.11. The maximum atomic E-state index is 12.8. The molecule has 0 aromatic heterocycles. The summed E-state index contributed by atoms with van der Waals surface area (Å²) in [5.74, 6) is 1.33. The molecule has 15 heavy (non-hydrogen) atoms. The molecule has 1 fully saturated rings. The molecule has 0 spiro atoms. The number of rotatable bonds is 1. The highest BCUT2D eigenvalue weighted by Gasteiger charge is 2.17. The van der Waals surface area contributed by atoms with Crippen LogP contribution in [0.15, 0.2) is 24.3 Å². The normalized spacial score (nSPS) is 15.4. The Balaban J connectivity index is 1.99. The van der Waals surface area contributed by atoms with Crippen LogP contribution in [0.25, 0.3) is 0 Å². The zero-order valence-electron chi connectivity index (χ0n) is 8.07. The lowest BCUT2D eigenvalue weighted by molar-refractivity contribution is 0.225. The summed E-state index contributed by atoms with van der Waals surface area (Å²) >= 11 is 1.72. The minimum absolute atomic E-state index is 0.161. The predicted molar refractivity (Wildman–Crippen MR) is 59.4 cm³/mol. The number of carbonyl (C=O) groups excluding carboxylic acids is 1. The van der Waals surface area contributed by atoms with Crippen molar-refractivity contribution in [2.45, 2.75) is 0 Å². The van der Waals surface area contributed by atoms with Gasteiger partial charge in [0, 0.05) is 18.0 Å². The minimum atomic E-state index is -0.344. The van der Waals surface area contributed by atoms with E-state index in [2.05, 4.69) is 5.32 Å². The first-order chi connectivity index (χ1) is 7.25. The third kappa shape index (κ3) is 2.62. The first kappa shape index (κ1) is 10.3. The number of nitrogens with zero attached hydrogens (tertiary/aromatic N) is 1. The predicted octanol–water partition coefficient (Wildman–Crippen LogP) is 2.36. The van der Waals surface area contributed by atoms with Gasteiger partial charge in [0.25, 0.3) is 0 Å². The van der Waals surface area contributed by atoms with Crippen LogP contribution in [-0.2, 0) is 0 Å². The molecule has 1 N–H and O–H groups in total. The molecule has 1 aromatic carbocycles. The number of urea groups is 1. The topological polar surface area (TPSA) is 32.3 Å². The van der Waals surface area contributed by atoms with E-state index in [-0.39, 0.29) is 11.8 Å². The van der Waals surface area contributed by atoms with Crippen LogP contribution in [0.4, 0.5) is 14.9 Å². The van der Waals surface area contributed by atoms with E-state index >= 15 is 0 Å². The quantitative estimate of drug-likeness (QED) is 0.797. The fourth-order valence-electron chi connectivity index (χ4n) is 1.34. The number of amides is 2. The average molecular weight is 226 g/mol. The van der Waals surface area contributed by atoms with Crippen molar-refractivity contribution in [2.75, 3.05) is 23.5 Å². The van der Waals surface area contributed by atoms with Crippen molar-refractivity contribution in [3.63, 3.8) is 0 Å². The molecule has 80 valence electrons. The highest BCUT2D eigenvalue weighted by atomic mass is 32.2. The number of halogens is 1. The lowest BCUT2D eigenvalue weighted by Gasteiger charge is -2.15. The van der Waals surface area contributed by atoms with Gasteiger partial charge < -0.3 is 10.2 Å². The smallest absolute Gasteiger partial charge is 0.314 e. The molecule has 2 rings (SSSR count). The van der Waals surface area contributed by atoms with Crippen molar-refractivity contribution in [3.8, 4) is 0 Å². The van der Waals surface area contributed by atoms with E-state index in [1.165, 1.54) is 12.1 Å². The van der Waals surface area contributed by atoms with Crippen LogP contribution in [0, 0.1) is 5.82 Å². The maximum absolute atomic E-state index is 12.8. The van der Waals surface area contributed by atoms with Gasteiger partial charge in [-0.05, 0) is 18.2 Å². The van der Waals surface area contributed by atoms with Crippen LogP contribution >= 0.6 is 11.8 Å². The third-order valence-electron chi connectivity index (χ3n) is 2.12. The van der Waals surface area contributed by atoms with Gasteiger partial charge in [0.15, 0.2) is 0 Å². The van der Waals surface area contributed by atoms with E-state index in [0.29, 0.717) is 11.6 Å². The number of hydrogen-bond acceptors (Lipinski definition) is 2. The Morgan fingerprint density at radius 1 is 1.53 bits per heavy atom. The summed E-state index contributed by atoms with van der Waals surface area (Å²) in [6.45, 7) is 0.756. The van der Waals surface area contributed by atoms with Gasteiger partial charge in [-0.3, -0.25) is 0 Å². The minimum Gasteiger partial charge on any atom is -0.314 e. The first-order valence-electron chi connectivity index (χ1n) is 4.65. The molecule has 1 aromatic rings. The molecule has 1 saturated heterocycles. The van der Waals surface area contributed by atoms with Crippen molar-refractivity contribution in [1.29, 1.82) is 0 Å². The van der Waals surface area contributed by atoms with Crippen LogP contribution in [0.5, 0.6) is 0 Å². The monoisotopic (exact) mass is 226 g/mol. The first-order valence-corrected chi connectivity index (χ1v) is 5.80. The summed E-state index contributed by atoms with van der Waals surface area (Å²) in [6.07, 6.45) is 0. The van der Waals surface area contributed by atoms with Crippen LogP contribution in [0.3, 0.4) is 0 Å². The second kappa shape index (κ2) is 4.53. The number of benzene rings is 1. The van der Waals surface area contributed by atoms with Crippen molar-refractivity contribution in [1.82, 2.24) is 4.90 Å². The van der Waals surface area contributed by atoms with E-state index in [1.54, 1.807) is 28.8 Å². The SMILES string of the molecule is O=C(Nc1cccc(F)c1)N1CCSC1. The van der Waals surface area contributed by atoms with E-state index in [1.807, 2.05) is 0 Å². The second-order valence-electron chi connectivity index (χ2n) is 3.24. The van der Waals surface area contributed by atoms with Crippen molar-refractivity contribution in [3.05, 3.63) is 30.1 Å². The standard InChI is InChI=1S/C10H11FN2OS/c11-8-2-1-3-9(6-8)12-10(14)13-4-5-15-7-13/h1-3,6H,4-5,7H2,(H,12,14). The van der Waals surface area contributed by atoms with Crippen LogP contribution in [0.1, 0.15) is 0 Å². The fourth-order valence-corrected chi connectivity index (χ4v) is 2.29. The van der Waals surface area contributed by atoms with E-state index in [9.17, 15) is 9.18 Å². The Labute approximate surface area is 91.6 Å². The number of carbonyl (C=O) groups is 1. The fraction of sp³-hybridized carbons (Fsp3) is 0.300. The van der Waals surface area contributed by atoms with Gasteiger partial charge >= 0.3 is 6.03 Å². The molecule has 0 unspecified atom stereocenters. The Morgan fingerprint density at radius 3 is 3.07 bits per heavy atom. The maximum Gasteiger partial charge on any atom is 0.322 e. The van der Waals surface area contributed by atoms with Crippen molar-refractivity contribution >= 4 is 23.5 Å². The Morgan fingerprint density at radius 2 is 2.40 bits per heavy atom. The molecule has 0 radical (unpaired) electrons. The van der Waals surface area contributed by atoms with E-state index in [4.69, 9.17) is 0 Å². The van der Waals surface area contributed by atoms with E-state index < -0.39 is 0 Å². The van der Waals surface area contributed by atoms with Gasteiger partial charge in [-0.15, -0.1) is 11.8 Å². The van der Waals surface area contributed by atoms with Gasteiger partial charge in [-0.2, -0.15) is 0 Å². The zero-order valence-corrected chi connectivity index (χ0v) is 8.89. The molecule has 1 aliphatic rings. The van der Waals surface area contributed by atoms with Gasteiger partial charge in [0.1, 0.15) is 5.82 Å². The second-order valence-corrected chi connectivity index (χ2v) is 4.32. The summed E-state index contributed by atoms with van der Waals surface area (Å²) in [5, 5.41) is 2.66. The molecule has 0 atom stereocenters. The molecule has 2 amide bonds. The highest BCUT2D eigenvalue weighted by molar-refractivity contribution is 7.99. The third-order valence-corrected chi connectivity index (χ3v) is 3.08. The summed E-state index contributed by atoms with van der Waals surface area (Å²) in [4.78, 5) is 13.3. The van der Waals surface area contributed by atoms with Crippen LogP contribution in [-0.4, -0.2) is 29.1 Å². The van der Waals surface area contributed by atoms with Gasteiger partial charge in [0.2, 0.25) is 0 Å². The molecular weight excluding hydrogens is 215 g/mol. The van der Waals surface area contributed by atoms with Crippen LogP contribution in [0.2, 0.25) is 0 Å². The lowest BCUT2D eigenvalue weighted by atomic mass is 10.3. The molecule has 3 nitrogen and oxygen atoms in total. The summed E-state index contributed by atoms with van der Waals surface area (Å²) in [6, 6.07) is 5.74. The average Bonchev–Trinajstić information content (AvgIpc) is 2.70. The number of anilines is 1. The number of thioether (sulfide) groups is 1. The summed E-state index contributed by atoms with van der Waals surface area (Å²) in [7, 11) is 0. The van der Waals surface area contributed by atoms with E-state index in [0.717, 1.165) is 12.3 Å². The number of hydrogen-bond donors (Lipinski definition) is 1. The molecular formula is C10H11FN2OS. The van der Waals surface area contributed by atoms with Gasteiger partial charge in [-0.25, -0.2) is 9.18 Å². The van der Waals surface area contributed by atoms with Crippen molar-refractivity contribution < 1.29 is 9.18 Å². The zero-order chi connectivity index (χ0) is 10.7. The highest BCUT2D eigenvalue weighted by Crippen LogP contribution is 2.15.